The maximum atomic E-state index is 11.6. The highest BCUT2D eigenvalue weighted by atomic mass is 32.2. The normalized spacial score (nSPS) is 13.2. The molecule has 0 atom stereocenters. The van der Waals surface area contributed by atoms with Crippen LogP contribution in [-0.2, 0) is 0 Å². The van der Waals surface area contributed by atoms with Gasteiger partial charge in [-0.25, -0.2) is 9.89 Å². The lowest BCUT2D eigenvalue weighted by atomic mass is 9.89. The Hall–Kier alpha value is -1.44. The maximum Gasteiger partial charge on any atom is 0.344 e. The molecule has 0 radical (unpaired) electrons. The Morgan fingerprint density at radius 1 is 1.63 bits per heavy atom. The molecule has 7 nitrogen and oxygen atoms in total. The number of aromatic nitrogens is 3. The number of oxime groups is 1. The molecule has 4 N–H and O–H groups in total. The number of hydrogen-bond donors (Lipinski definition) is 3. The number of H-pyrrole nitrogens is 1. The Morgan fingerprint density at radius 3 is 2.79 bits per heavy atom. The molecule has 0 spiro atoms. The van der Waals surface area contributed by atoms with Gasteiger partial charge in [-0.3, -0.25) is 4.57 Å². The van der Waals surface area contributed by atoms with Gasteiger partial charge in [-0.2, -0.15) is 0 Å². The number of rotatable bonds is 6. The second-order valence-corrected chi connectivity index (χ2v) is 6.30. The zero-order valence-electron chi connectivity index (χ0n) is 11.7. The van der Waals surface area contributed by atoms with Crippen LogP contribution in [0.15, 0.2) is 15.1 Å². The Kier molecular flexibility index (Phi) is 5.04. The third-order valence-corrected chi connectivity index (χ3v) is 3.90. The molecule has 0 saturated carbocycles. The van der Waals surface area contributed by atoms with E-state index in [0.717, 1.165) is 5.75 Å². The van der Waals surface area contributed by atoms with Crippen LogP contribution >= 0.6 is 11.8 Å². The van der Waals surface area contributed by atoms with E-state index < -0.39 is 0 Å². The molecule has 108 valence electrons. The maximum absolute atomic E-state index is 11.6. The number of hydrogen-bond acceptors (Lipinski definition) is 5. The summed E-state index contributed by atoms with van der Waals surface area (Å²) in [6.45, 7) is 7.67. The van der Waals surface area contributed by atoms with Crippen LogP contribution in [0.5, 0.6) is 0 Å². The molecule has 1 aromatic rings. The SMILES string of the molecule is CC(C)n1c(SCCC(C)(C)C(N)=NO)n[nH]c1=O. The first kappa shape index (κ1) is 15.6. The van der Waals surface area contributed by atoms with Gasteiger partial charge < -0.3 is 10.9 Å². The standard InChI is InChI=1S/C11H21N5O2S/c1-7(2)16-9(17)13-14-10(16)19-6-5-11(3,4)8(12)15-18/h7,18H,5-6H2,1-4H3,(H2,12,15)(H,13,17). The smallest absolute Gasteiger partial charge is 0.344 e. The highest BCUT2D eigenvalue weighted by Crippen LogP contribution is 2.26. The van der Waals surface area contributed by atoms with Crippen LogP contribution in [0.25, 0.3) is 0 Å². The van der Waals surface area contributed by atoms with Crippen molar-refractivity contribution in [3.05, 3.63) is 10.5 Å². The highest BCUT2D eigenvalue weighted by molar-refractivity contribution is 7.99. The van der Waals surface area contributed by atoms with Crippen molar-refractivity contribution in [2.45, 2.75) is 45.3 Å². The first-order chi connectivity index (χ1) is 8.79. The number of aromatic amines is 1. The summed E-state index contributed by atoms with van der Waals surface area (Å²) in [6, 6.07) is 0.0610. The van der Waals surface area contributed by atoms with Gasteiger partial charge >= 0.3 is 5.69 Å². The van der Waals surface area contributed by atoms with Crippen molar-refractivity contribution in [1.29, 1.82) is 0 Å². The van der Waals surface area contributed by atoms with Gasteiger partial charge in [0, 0.05) is 17.2 Å². The Labute approximate surface area is 116 Å². The molecule has 1 aromatic heterocycles. The number of thioether (sulfide) groups is 1. The monoisotopic (exact) mass is 287 g/mol. The molecule has 0 aromatic carbocycles. The first-order valence-corrected chi connectivity index (χ1v) is 7.06. The van der Waals surface area contributed by atoms with E-state index in [1.54, 1.807) is 4.57 Å². The summed E-state index contributed by atoms with van der Waals surface area (Å²) in [5.74, 6) is 0.927. The fourth-order valence-electron chi connectivity index (χ4n) is 1.51. The molecule has 0 amide bonds. The number of nitrogens with two attached hydrogens (primary N) is 1. The summed E-state index contributed by atoms with van der Waals surface area (Å²) < 4.78 is 1.61. The van der Waals surface area contributed by atoms with Crippen LogP contribution in [0.2, 0.25) is 0 Å². The molecule has 8 heteroatoms. The minimum Gasteiger partial charge on any atom is -0.409 e. The van der Waals surface area contributed by atoms with Crippen LogP contribution < -0.4 is 11.4 Å². The van der Waals surface area contributed by atoms with Crippen molar-refractivity contribution in [3.8, 4) is 0 Å². The Bertz CT molecular complexity index is 503. The van der Waals surface area contributed by atoms with Crippen molar-refractivity contribution in [2.75, 3.05) is 5.75 Å². The van der Waals surface area contributed by atoms with E-state index in [4.69, 9.17) is 10.9 Å². The molecule has 0 aliphatic carbocycles. The van der Waals surface area contributed by atoms with Crippen molar-refractivity contribution < 1.29 is 5.21 Å². The second-order valence-electron chi connectivity index (χ2n) is 5.24. The molecular formula is C11H21N5O2S. The molecule has 0 aliphatic heterocycles. The fourth-order valence-corrected chi connectivity index (χ4v) is 2.85. The summed E-state index contributed by atoms with van der Waals surface area (Å²) in [7, 11) is 0. The topological polar surface area (TPSA) is 109 Å². The summed E-state index contributed by atoms with van der Waals surface area (Å²) >= 11 is 1.48. The van der Waals surface area contributed by atoms with Crippen molar-refractivity contribution in [1.82, 2.24) is 14.8 Å². The lowest BCUT2D eigenvalue weighted by Crippen LogP contribution is -2.32. The molecule has 0 fully saturated rings. The molecule has 1 rings (SSSR count). The molecule has 0 aliphatic rings. The molecule has 0 bridgehead atoms. The summed E-state index contributed by atoms with van der Waals surface area (Å²) in [6.07, 6.45) is 0.715. The molecule has 0 saturated heterocycles. The van der Waals surface area contributed by atoms with Crippen molar-refractivity contribution in [2.24, 2.45) is 16.3 Å². The molecule has 19 heavy (non-hydrogen) atoms. The first-order valence-electron chi connectivity index (χ1n) is 6.07. The zero-order chi connectivity index (χ0) is 14.6. The molecule has 1 heterocycles. The number of nitrogens with zero attached hydrogens (tertiary/aromatic N) is 3. The highest BCUT2D eigenvalue weighted by Gasteiger charge is 2.23. The van der Waals surface area contributed by atoms with E-state index in [2.05, 4.69) is 15.4 Å². The van der Waals surface area contributed by atoms with Gasteiger partial charge in [0.15, 0.2) is 5.16 Å². The Morgan fingerprint density at radius 2 is 2.26 bits per heavy atom. The quantitative estimate of drug-likeness (QED) is 0.241. The van der Waals surface area contributed by atoms with Crippen LogP contribution in [0.4, 0.5) is 0 Å². The lowest BCUT2D eigenvalue weighted by molar-refractivity contribution is 0.307. The van der Waals surface area contributed by atoms with Gasteiger partial charge in [0.25, 0.3) is 0 Å². The van der Waals surface area contributed by atoms with Crippen molar-refractivity contribution in [3.63, 3.8) is 0 Å². The third-order valence-electron chi connectivity index (χ3n) is 2.95. The van der Waals surface area contributed by atoms with E-state index >= 15 is 0 Å². The lowest BCUT2D eigenvalue weighted by Gasteiger charge is -2.22. The van der Waals surface area contributed by atoms with E-state index in [1.165, 1.54) is 11.8 Å². The van der Waals surface area contributed by atoms with Gasteiger partial charge in [-0.1, -0.05) is 30.8 Å². The predicted molar refractivity (Wildman–Crippen MR) is 75.8 cm³/mol. The third kappa shape index (κ3) is 3.76. The summed E-state index contributed by atoms with van der Waals surface area (Å²) in [5.41, 5.74) is 5.04. The summed E-state index contributed by atoms with van der Waals surface area (Å²) in [4.78, 5) is 11.6. The van der Waals surface area contributed by atoms with E-state index in [0.29, 0.717) is 11.6 Å². The number of amidine groups is 1. The van der Waals surface area contributed by atoms with Gasteiger partial charge in [-0.05, 0) is 20.3 Å². The largest absolute Gasteiger partial charge is 0.409 e. The Balaban J connectivity index is 2.67. The molecule has 0 unspecified atom stereocenters. The zero-order valence-corrected chi connectivity index (χ0v) is 12.5. The van der Waals surface area contributed by atoms with Crippen molar-refractivity contribution >= 4 is 17.6 Å². The van der Waals surface area contributed by atoms with Gasteiger partial charge in [0.2, 0.25) is 0 Å². The van der Waals surface area contributed by atoms with Gasteiger partial charge in [-0.15, -0.1) is 5.10 Å². The van der Waals surface area contributed by atoms with Crippen LogP contribution in [0.3, 0.4) is 0 Å². The van der Waals surface area contributed by atoms with Gasteiger partial charge in [0.05, 0.1) is 0 Å². The average molecular weight is 287 g/mol. The van der Waals surface area contributed by atoms with Crippen LogP contribution in [0.1, 0.15) is 40.2 Å². The average Bonchev–Trinajstić information content (AvgIpc) is 2.69. The van der Waals surface area contributed by atoms with Crippen LogP contribution in [0, 0.1) is 5.41 Å². The van der Waals surface area contributed by atoms with Gasteiger partial charge in [0.1, 0.15) is 5.84 Å². The van der Waals surface area contributed by atoms with E-state index in [1.807, 2.05) is 27.7 Å². The minimum absolute atomic E-state index is 0.0610. The van der Waals surface area contributed by atoms with Crippen LogP contribution in [-0.4, -0.2) is 31.6 Å². The minimum atomic E-state index is -0.388. The summed E-state index contributed by atoms with van der Waals surface area (Å²) in [5, 5.41) is 18.9. The number of nitrogens with one attached hydrogen (secondary N) is 1. The van der Waals surface area contributed by atoms with E-state index in [-0.39, 0.29) is 23.0 Å². The fraction of sp³-hybridized carbons (Fsp3) is 0.727. The predicted octanol–water partition coefficient (Wildman–Crippen LogP) is 1.41. The molecular weight excluding hydrogens is 266 g/mol. The second kappa shape index (κ2) is 6.14. The van der Waals surface area contributed by atoms with E-state index in [9.17, 15) is 4.79 Å².